The largest absolute Gasteiger partial charge is 0.390 e. The van der Waals surface area contributed by atoms with Crippen LogP contribution in [0, 0.1) is 0 Å². The van der Waals surface area contributed by atoms with Crippen LogP contribution in [0.25, 0.3) is 0 Å². The molecule has 7 heteroatoms. The van der Waals surface area contributed by atoms with Crippen LogP contribution in [0.3, 0.4) is 0 Å². The first kappa shape index (κ1) is 18.1. The molecule has 0 heterocycles. The van der Waals surface area contributed by atoms with Crippen molar-refractivity contribution in [2.75, 3.05) is 33.2 Å². The monoisotopic (exact) mass is 308 g/mol. The zero-order valence-electron chi connectivity index (χ0n) is 13.0. The van der Waals surface area contributed by atoms with Crippen molar-refractivity contribution >= 4 is 5.96 Å². The van der Waals surface area contributed by atoms with Gasteiger partial charge in [0, 0.05) is 25.7 Å². The molecule has 0 saturated heterocycles. The predicted octanol–water partition coefficient (Wildman–Crippen LogP) is 2.37. The standard InChI is InChI=1S/C14H27F3N4/c1-3-18-13(19-9-8-14(15,16)17)20-10-11-21(2)12-6-4-5-7-12/h12H,3-11H2,1-2H3,(H2,18,19,20). The summed E-state index contributed by atoms with van der Waals surface area (Å²) in [6.07, 6.45) is 0.0511. The molecule has 0 aromatic carbocycles. The molecule has 4 nitrogen and oxygen atoms in total. The average Bonchev–Trinajstić information content (AvgIpc) is 2.91. The lowest BCUT2D eigenvalue weighted by molar-refractivity contribution is -0.132. The molecule has 124 valence electrons. The number of hydrogen-bond acceptors (Lipinski definition) is 2. The van der Waals surface area contributed by atoms with Crippen molar-refractivity contribution in [1.82, 2.24) is 15.5 Å². The fraction of sp³-hybridized carbons (Fsp3) is 0.929. The van der Waals surface area contributed by atoms with Crippen LogP contribution < -0.4 is 10.6 Å². The second-order valence-corrected chi connectivity index (χ2v) is 5.47. The minimum absolute atomic E-state index is 0.239. The van der Waals surface area contributed by atoms with Gasteiger partial charge in [-0.1, -0.05) is 12.8 Å². The van der Waals surface area contributed by atoms with Gasteiger partial charge in [-0.05, 0) is 26.8 Å². The van der Waals surface area contributed by atoms with Crippen LogP contribution in [0.5, 0.6) is 0 Å². The van der Waals surface area contributed by atoms with E-state index < -0.39 is 12.6 Å². The molecule has 1 aliphatic rings. The van der Waals surface area contributed by atoms with Crippen molar-refractivity contribution in [2.45, 2.75) is 51.2 Å². The first-order valence-corrected chi connectivity index (χ1v) is 7.71. The van der Waals surface area contributed by atoms with E-state index in [9.17, 15) is 13.2 Å². The fourth-order valence-corrected chi connectivity index (χ4v) is 2.51. The van der Waals surface area contributed by atoms with Gasteiger partial charge in [0.2, 0.25) is 0 Å². The van der Waals surface area contributed by atoms with Crippen LogP contribution in [0.15, 0.2) is 4.99 Å². The Hall–Kier alpha value is -0.980. The van der Waals surface area contributed by atoms with E-state index in [0.29, 0.717) is 25.1 Å². The number of halogens is 3. The molecular formula is C14H27F3N4. The minimum atomic E-state index is -4.15. The van der Waals surface area contributed by atoms with Gasteiger partial charge in [0.05, 0.1) is 13.0 Å². The summed E-state index contributed by atoms with van der Waals surface area (Å²) >= 11 is 0. The normalized spacial score (nSPS) is 17.5. The van der Waals surface area contributed by atoms with Crippen LogP contribution in [0.1, 0.15) is 39.0 Å². The molecule has 0 atom stereocenters. The van der Waals surface area contributed by atoms with Crippen LogP contribution in [-0.4, -0.2) is 56.3 Å². The Morgan fingerprint density at radius 1 is 1.24 bits per heavy atom. The highest BCUT2D eigenvalue weighted by Crippen LogP contribution is 2.21. The molecule has 0 amide bonds. The molecule has 1 saturated carbocycles. The number of alkyl halides is 3. The molecule has 0 aromatic heterocycles. The van der Waals surface area contributed by atoms with Crippen molar-refractivity contribution in [3.8, 4) is 0 Å². The number of guanidine groups is 1. The lowest BCUT2D eigenvalue weighted by Crippen LogP contribution is -2.42. The van der Waals surface area contributed by atoms with Gasteiger partial charge in [0.25, 0.3) is 0 Å². The number of nitrogens with zero attached hydrogens (tertiary/aromatic N) is 2. The second-order valence-electron chi connectivity index (χ2n) is 5.47. The van der Waals surface area contributed by atoms with E-state index in [0.717, 1.165) is 6.54 Å². The zero-order chi connectivity index (χ0) is 15.7. The van der Waals surface area contributed by atoms with Gasteiger partial charge >= 0.3 is 6.18 Å². The van der Waals surface area contributed by atoms with Gasteiger partial charge in [0.1, 0.15) is 0 Å². The molecule has 0 spiro atoms. The summed E-state index contributed by atoms with van der Waals surface area (Å²) in [5, 5.41) is 6.06. The van der Waals surface area contributed by atoms with E-state index >= 15 is 0 Å². The topological polar surface area (TPSA) is 39.7 Å². The highest BCUT2D eigenvalue weighted by atomic mass is 19.4. The Labute approximate surface area is 125 Å². The van der Waals surface area contributed by atoms with Crippen molar-refractivity contribution < 1.29 is 13.2 Å². The minimum Gasteiger partial charge on any atom is -0.357 e. The number of aliphatic imine (C=N–C) groups is 1. The van der Waals surface area contributed by atoms with Crippen molar-refractivity contribution in [3.63, 3.8) is 0 Å². The van der Waals surface area contributed by atoms with E-state index in [1.165, 1.54) is 25.7 Å². The van der Waals surface area contributed by atoms with Crippen molar-refractivity contribution in [3.05, 3.63) is 0 Å². The van der Waals surface area contributed by atoms with E-state index in [1.807, 2.05) is 6.92 Å². The lowest BCUT2D eigenvalue weighted by atomic mass is 10.2. The maximum absolute atomic E-state index is 12.1. The Bertz CT molecular complexity index is 312. The summed E-state index contributed by atoms with van der Waals surface area (Å²) < 4.78 is 36.3. The lowest BCUT2D eigenvalue weighted by Gasteiger charge is -2.24. The molecule has 2 N–H and O–H groups in total. The van der Waals surface area contributed by atoms with Crippen LogP contribution in [0.4, 0.5) is 13.2 Å². The van der Waals surface area contributed by atoms with Crippen molar-refractivity contribution in [1.29, 1.82) is 0 Å². The van der Waals surface area contributed by atoms with Crippen LogP contribution in [-0.2, 0) is 0 Å². The molecule has 0 unspecified atom stereocenters. The van der Waals surface area contributed by atoms with Gasteiger partial charge in [-0.2, -0.15) is 13.2 Å². The van der Waals surface area contributed by atoms with E-state index in [-0.39, 0.29) is 6.54 Å². The molecule has 0 aliphatic heterocycles. The van der Waals surface area contributed by atoms with E-state index in [1.54, 1.807) is 0 Å². The Morgan fingerprint density at radius 2 is 1.90 bits per heavy atom. The smallest absolute Gasteiger partial charge is 0.357 e. The van der Waals surface area contributed by atoms with Gasteiger partial charge in [-0.3, -0.25) is 4.99 Å². The summed E-state index contributed by atoms with van der Waals surface area (Å²) in [5.74, 6) is 0.460. The van der Waals surface area contributed by atoms with Crippen LogP contribution in [0.2, 0.25) is 0 Å². The van der Waals surface area contributed by atoms with Crippen LogP contribution >= 0.6 is 0 Å². The Balaban J connectivity index is 2.27. The molecule has 0 radical (unpaired) electrons. The molecule has 1 aliphatic carbocycles. The fourth-order valence-electron chi connectivity index (χ4n) is 2.51. The van der Waals surface area contributed by atoms with Crippen molar-refractivity contribution in [2.24, 2.45) is 4.99 Å². The van der Waals surface area contributed by atoms with Gasteiger partial charge in [-0.15, -0.1) is 0 Å². The maximum Gasteiger partial charge on any atom is 0.390 e. The first-order valence-electron chi connectivity index (χ1n) is 7.71. The third-order valence-corrected chi connectivity index (χ3v) is 3.71. The number of rotatable bonds is 7. The summed E-state index contributed by atoms with van der Waals surface area (Å²) in [5.41, 5.74) is 0. The zero-order valence-corrected chi connectivity index (χ0v) is 13.0. The SMILES string of the molecule is CCNC(=NCCC(F)(F)F)NCCN(C)C1CCCC1. The Kier molecular flexibility index (Phi) is 7.85. The molecule has 1 fully saturated rings. The third-order valence-electron chi connectivity index (χ3n) is 3.71. The Morgan fingerprint density at radius 3 is 2.48 bits per heavy atom. The van der Waals surface area contributed by atoms with Gasteiger partial charge < -0.3 is 15.5 Å². The number of hydrogen-bond donors (Lipinski definition) is 2. The molecule has 21 heavy (non-hydrogen) atoms. The molecular weight excluding hydrogens is 281 g/mol. The second kappa shape index (κ2) is 9.12. The van der Waals surface area contributed by atoms with Gasteiger partial charge in [0.15, 0.2) is 5.96 Å². The number of likely N-dealkylation sites (N-methyl/N-ethyl adjacent to an activating group) is 1. The quantitative estimate of drug-likeness (QED) is 0.560. The predicted molar refractivity (Wildman–Crippen MR) is 79.5 cm³/mol. The van der Waals surface area contributed by atoms with E-state index in [4.69, 9.17) is 0 Å². The molecule has 0 aromatic rings. The summed E-state index contributed by atoms with van der Waals surface area (Å²) in [7, 11) is 2.10. The molecule has 0 bridgehead atoms. The number of nitrogens with one attached hydrogen (secondary N) is 2. The average molecular weight is 308 g/mol. The summed E-state index contributed by atoms with van der Waals surface area (Å²) in [4.78, 5) is 6.27. The van der Waals surface area contributed by atoms with Gasteiger partial charge in [-0.25, -0.2) is 0 Å². The summed E-state index contributed by atoms with van der Waals surface area (Å²) in [6, 6.07) is 0.650. The highest BCUT2D eigenvalue weighted by Gasteiger charge is 2.26. The first-order chi connectivity index (χ1) is 9.92. The highest BCUT2D eigenvalue weighted by molar-refractivity contribution is 5.79. The van der Waals surface area contributed by atoms with E-state index in [2.05, 4.69) is 27.6 Å². The maximum atomic E-state index is 12.1. The molecule has 1 rings (SSSR count). The third kappa shape index (κ3) is 8.14. The summed E-state index contributed by atoms with van der Waals surface area (Å²) in [6.45, 7) is 3.85.